The second-order valence-corrected chi connectivity index (χ2v) is 5.17. The maximum absolute atomic E-state index is 12.0. The molecule has 0 amide bonds. The number of aryl methyl sites for hydroxylation is 1. The lowest BCUT2D eigenvalue weighted by Crippen LogP contribution is -2.11. The van der Waals surface area contributed by atoms with Gasteiger partial charge < -0.3 is 9.15 Å². The van der Waals surface area contributed by atoms with Crippen molar-refractivity contribution < 1.29 is 18.9 Å². The Morgan fingerprint density at radius 3 is 2.87 bits per heavy atom. The average Bonchev–Trinajstić information content (AvgIpc) is 2.89. The van der Waals surface area contributed by atoms with Crippen molar-refractivity contribution in [2.24, 2.45) is 0 Å². The van der Waals surface area contributed by atoms with Crippen LogP contribution in [0, 0.1) is 17.0 Å². The molecule has 0 aliphatic heterocycles. The Bertz CT molecular complexity index is 897. The molecule has 0 atom stereocenters. The number of nitro benzene ring substituents is 1. The second kappa shape index (κ2) is 5.92. The molecule has 6 nitrogen and oxygen atoms in total. The summed E-state index contributed by atoms with van der Waals surface area (Å²) in [4.78, 5) is 22.2. The molecule has 1 aromatic heterocycles. The van der Waals surface area contributed by atoms with E-state index >= 15 is 0 Å². The van der Waals surface area contributed by atoms with Gasteiger partial charge in [0.1, 0.15) is 11.3 Å². The molecule has 1 heterocycles. The van der Waals surface area contributed by atoms with Gasteiger partial charge in [-0.05, 0) is 24.6 Å². The highest BCUT2D eigenvalue weighted by atomic mass is 16.6. The van der Waals surface area contributed by atoms with Gasteiger partial charge in [0, 0.05) is 17.0 Å². The van der Waals surface area contributed by atoms with Gasteiger partial charge in [0.05, 0.1) is 23.7 Å². The molecule has 3 aromatic rings. The van der Waals surface area contributed by atoms with Crippen LogP contribution in [0.25, 0.3) is 11.0 Å². The summed E-state index contributed by atoms with van der Waals surface area (Å²) in [6.07, 6.45) is 1.55. The zero-order chi connectivity index (χ0) is 16.4. The first kappa shape index (κ1) is 14.8. The molecule has 0 saturated carbocycles. The van der Waals surface area contributed by atoms with Gasteiger partial charge in [-0.15, -0.1) is 0 Å². The number of esters is 1. The molecule has 0 radical (unpaired) electrons. The molecule has 6 heteroatoms. The summed E-state index contributed by atoms with van der Waals surface area (Å²) < 4.78 is 10.6. The highest BCUT2D eigenvalue weighted by molar-refractivity contribution is 5.86. The Kier molecular flexibility index (Phi) is 3.80. The van der Waals surface area contributed by atoms with Crippen LogP contribution in [-0.2, 0) is 11.2 Å². The fourth-order valence-electron chi connectivity index (χ4n) is 2.31. The van der Waals surface area contributed by atoms with Gasteiger partial charge >= 0.3 is 5.97 Å². The minimum Gasteiger partial charge on any atom is -0.464 e. The van der Waals surface area contributed by atoms with Gasteiger partial charge in [0.2, 0.25) is 0 Å². The number of nitrogens with zero attached hydrogens (tertiary/aromatic N) is 1. The lowest BCUT2D eigenvalue weighted by molar-refractivity contribution is -0.384. The van der Waals surface area contributed by atoms with E-state index in [1.165, 1.54) is 30.5 Å². The Hall–Kier alpha value is -3.15. The largest absolute Gasteiger partial charge is 0.464 e. The molecule has 0 aliphatic carbocycles. The van der Waals surface area contributed by atoms with E-state index < -0.39 is 10.9 Å². The number of furan rings is 1. The van der Waals surface area contributed by atoms with E-state index in [4.69, 9.17) is 9.15 Å². The third-order valence-corrected chi connectivity index (χ3v) is 3.41. The third kappa shape index (κ3) is 3.21. The maximum Gasteiger partial charge on any atom is 0.315 e. The molecule has 0 spiro atoms. The molecule has 0 unspecified atom stereocenters. The number of hydrogen-bond acceptors (Lipinski definition) is 5. The van der Waals surface area contributed by atoms with Crippen molar-refractivity contribution in [3.05, 3.63) is 70.0 Å². The lowest BCUT2D eigenvalue weighted by atomic mass is 10.1. The topological polar surface area (TPSA) is 82.6 Å². The van der Waals surface area contributed by atoms with Crippen molar-refractivity contribution in [1.82, 2.24) is 0 Å². The van der Waals surface area contributed by atoms with Gasteiger partial charge in [-0.25, -0.2) is 0 Å². The number of fused-ring (bicyclic) bond motifs is 1. The van der Waals surface area contributed by atoms with Gasteiger partial charge in [-0.1, -0.05) is 18.2 Å². The van der Waals surface area contributed by atoms with E-state index in [0.29, 0.717) is 5.58 Å². The smallest absolute Gasteiger partial charge is 0.315 e. The average molecular weight is 311 g/mol. The second-order valence-electron chi connectivity index (χ2n) is 5.17. The van der Waals surface area contributed by atoms with Crippen molar-refractivity contribution in [3.8, 4) is 5.75 Å². The van der Waals surface area contributed by atoms with Gasteiger partial charge in [0.15, 0.2) is 0 Å². The number of ether oxygens (including phenoxy) is 1. The lowest BCUT2D eigenvalue weighted by Gasteiger charge is -2.03. The van der Waals surface area contributed by atoms with Crippen molar-refractivity contribution in [3.63, 3.8) is 0 Å². The molecule has 0 saturated heterocycles. The maximum atomic E-state index is 12.0. The summed E-state index contributed by atoms with van der Waals surface area (Å²) >= 11 is 0. The first-order valence-corrected chi connectivity index (χ1v) is 6.95. The van der Waals surface area contributed by atoms with Crippen LogP contribution in [0.4, 0.5) is 5.69 Å². The fraction of sp³-hybridized carbons (Fsp3) is 0.118. The van der Waals surface area contributed by atoms with E-state index in [2.05, 4.69) is 0 Å². The molecule has 23 heavy (non-hydrogen) atoms. The number of carbonyl (C=O) groups excluding carboxylic acids is 1. The number of carbonyl (C=O) groups is 1. The summed E-state index contributed by atoms with van der Waals surface area (Å²) in [5.74, 6) is -0.360. The fourth-order valence-corrected chi connectivity index (χ4v) is 2.31. The van der Waals surface area contributed by atoms with Crippen LogP contribution >= 0.6 is 0 Å². The van der Waals surface area contributed by atoms with Gasteiger partial charge in [-0.2, -0.15) is 0 Å². The number of benzene rings is 2. The van der Waals surface area contributed by atoms with Gasteiger partial charge in [-0.3, -0.25) is 14.9 Å². The van der Waals surface area contributed by atoms with Crippen LogP contribution in [0.2, 0.25) is 0 Å². The number of hydrogen-bond donors (Lipinski definition) is 0. The molecule has 0 fully saturated rings. The van der Waals surface area contributed by atoms with Crippen molar-refractivity contribution in [2.75, 3.05) is 0 Å². The Morgan fingerprint density at radius 1 is 1.26 bits per heavy atom. The Labute approximate surface area is 131 Å². The van der Waals surface area contributed by atoms with E-state index in [9.17, 15) is 14.9 Å². The number of non-ortho nitro benzene ring substituents is 1. The molecular weight excluding hydrogens is 298 g/mol. The van der Waals surface area contributed by atoms with Gasteiger partial charge in [0.25, 0.3) is 5.69 Å². The Balaban J connectivity index is 1.76. The van der Waals surface area contributed by atoms with E-state index in [0.717, 1.165) is 16.5 Å². The molecular formula is C17H13NO5. The summed E-state index contributed by atoms with van der Waals surface area (Å²) in [6.45, 7) is 1.96. The molecule has 0 N–H and O–H groups in total. The van der Waals surface area contributed by atoms with Crippen molar-refractivity contribution in [2.45, 2.75) is 13.3 Å². The molecule has 0 aliphatic rings. The third-order valence-electron chi connectivity index (χ3n) is 3.41. The van der Waals surface area contributed by atoms with Crippen molar-refractivity contribution >= 4 is 22.6 Å². The highest BCUT2D eigenvalue weighted by Gasteiger charge is 2.14. The monoisotopic (exact) mass is 311 g/mol. The summed E-state index contributed by atoms with van der Waals surface area (Å²) in [6, 6.07) is 11.2. The summed E-state index contributed by atoms with van der Waals surface area (Å²) in [5, 5.41) is 11.6. The Morgan fingerprint density at radius 2 is 2.09 bits per heavy atom. The summed E-state index contributed by atoms with van der Waals surface area (Å²) in [5.41, 5.74) is 2.37. The predicted molar refractivity (Wildman–Crippen MR) is 83.4 cm³/mol. The van der Waals surface area contributed by atoms with Crippen LogP contribution in [0.5, 0.6) is 5.75 Å². The minimum atomic E-state index is -0.538. The number of nitro groups is 1. The zero-order valence-corrected chi connectivity index (χ0v) is 12.3. The standard InChI is InChI=1S/C17H13NO5/c1-11-5-6-15-12(10-22-16(15)7-11)8-17(19)23-14-4-2-3-13(9-14)18(20)21/h2-7,9-10H,8H2,1H3. The number of rotatable bonds is 4. The first-order chi connectivity index (χ1) is 11.0. The molecule has 116 valence electrons. The molecule has 0 bridgehead atoms. The van der Waals surface area contributed by atoms with E-state index in [-0.39, 0.29) is 17.9 Å². The minimum absolute atomic E-state index is 0.0265. The SMILES string of the molecule is Cc1ccc2c(CC(=O)Oc3cccc([N+](=O)[O-])c3)coc2c1. The molecule has 3 rings (SSSR count). The van der Waals surface area contributed by atoms with E-state index in [1.807, 2.05) is 25.1 Å². The van der Waals surface area contributed by atoms with Crippen LogP contribution < -0.4 is 4.74 Å². The normalized spacial score (nSPS) is 10.7. The first-order valence-electron chi connectivity index (χ1n) is 6.95. The van der Waals surface area contributed by atoms with E-state index in [1.54, 1.807) is 0 Å². The van der Waals surface area contributed by atoms with Crippen LogP contribution in [0.3, 0.4) is 0 Å². The zero-order valence-electron chi connectivity index (χ0n) is 12.3. The highest BCUT2D eigenvalue weighted by Crippen LogP contribution is 2.24. The van der Waals surface area contributed by atoms with Crippen LogP contribution in [0.15, 0.2) is 53.1 Å². The van der Waals surface area contributed by atoms with Crippen molar-refractivity contribution in [1.29, 1.82) is 0 Å². The molecule has 2 aromatic carbocycles. The van der Waals surface area contributed by atoms with Crippen LogP contribution in [0.1, 0.15) is 11.1 Å². The summed E-state index contributed by atoms with van der Waals surface area (Å²) in [7, 11) is 0. The van der Waals surface area contributed by atoms with Crippen LogP contribution in [-0.4, -0.2) is 10.9 Å². The predicted octanol–water partition coefficient (Wildman–Crippen LogP) is 3.80. The quantitative estimate of drug-likeness (QED) is 0.317.